The molecule has 1 saturated heterocycles. The van der Waals surface area contributed by atoms with Crippen molar-refractivity contribution in [1.29, 1.82) is 0 Å². The van der Waals surface area contributed by atoms with Crippen molar-refractivity contribution < 1.29 is 9.59 Å². The van der Waals surface area contributed by atoms with Crippen LogP contribution in [0.3, 0.4) is 0 Å². The summed E-state index contributed by atoms with van der Waals surface area (Å²) in [5.41, 5.74) is 0.0605. The average molecular weight is 421 g/mol. The van der Waals surface area contributed by atoms with Crippen LogP contribution in [0, 0.1) is 0 Å². The van der Waals surface area contributed by atoms with Gasteiger partial charge in [-0.25, -0.2) is 0 Å². The van der Waals surface area contributed by atoms with E-state index in [4.69, 9.17) is 23.8 Å². The van der Waals surface area contributed by atoms with Crippen molar-refractivity contribution in [2.45, 2.75) is 9.10 Å². The molecule has 0 atom stereocenters. The van der Waals surface area contributed by atoms with Gasteiger partial charge in [0.15, 0.2) is 5.11 Å². The molecular formula is C18H13ClN2O2S3. The maximum Gasteiger partial charge on any atom is 0.265 e. The van der Waals surface area contributed by atoms with Crippen molar-refractivity contribution in [1.82, 2.24) is 10.2 Å². The molecule has 2 aromatic rings. The van der Waals surface area contributed by atoms with Crippen LogP contribution in [-0.4, -0.2) is 28.4 Å². The molecule has 1 aromatic heterocycles. The van der Waals surface area contributed by atoms with E-state index in [2.05, 4.69) is 11.9 Å². The molecule has 4 nitrogen and oxygen atoms in total. The van der Waals surface area contributed by atoms with E-state index in [0.717, 1.165) is 14.0 Å². The SMILES string of the molecule is C=CCN1C(=O)C(=Cc2ccc(Sc3ccc(Cl)cc3)s2)C(=O)NC1=S. The van der Waals surface area contributed by atoms with Crippen molar-refractivity contribution in [2.24, 2.45) is 0 Å². The zero-order chi connectivity index (χ0) is 18.7. The van der Waals surface area contributed by atoms with Gasteiger partial charge >= 0.3 is 0 Å². The van der Waals surface area contributed by atoms with Crippen LogP contribution >= 0.6 is 46.9 Å². The van der Waals surface area contributed by atoms with Gasteiger partial charge in [0.25, 0.3) is 11.8 Å². The Morgan fingerprint density at radius 3 is 2.65 bits per heavy atom. The summed E-state index contributed by atoms with van der Waals surface area (Å²) < 4.78 is 1.04. The molecule has 0 radical (unpaired) electrons. The molecule has 132 valence electrons. The van der Waals surface area contributed by atoms with Gasteiger partial charge in [-0.2, -0.15) is 0 Å². The number of halogens is 1. The van der Waals surface area contributed by atoms with Gasteiger partial charge in [0, 0.05) is 21.3 Å². The minimum atomic E-state index is -0.486. The maximum atomic E-state index is 12.5. The first-order valence-corrected chi connectivity index (χ1v) is 9.93. The molecule has 0 bridgehead atoms. The predicted octanol–water partition coefficient (Wildman–Crippen LogP) is 4.37. The van der Waals surface area contributed by atoms with Gasteiger partial charge < -0.3 is 0 Å². The molecule has 2 amide bonds. The summed E-state index contributed by atoms with van der Waals surface area (Å²) in [4.78, 5) is 27.8. The summed E-state index contributed by atoms with van der Waals surface area (Å²) in [6.45, 7) is 3.85. The first-order chi connectivity index (χ1) is 12.5. The fourth-order valence-corrected chi connectivity index (χ4v) is 4.66. The van der Waals surface area contributed by atoms with Crippen LogP contribution in [0.5, 0.6) is 0 Å². The predicted molar refractivity (Wildman–Crippen MR) is 111 cm³/mol. The standard InChI is InChI=1S/C18H13ClN2O2S3/c1-2-9-21-17(23)14(16(22)20-18(21)24)10-13-7-8-15(26-13)25-12-5-3-11(19)4-6-12/h2-8,10H,1,9H2,(H,20,22,24). The van der Waals surface area contributed by atoms with Gasteiger partial charge in [-0.3, -0.25) is 19.8 Å². The summed E-state index contributed by atoms with van der Waals surface area (Å²) in [5, 5.41) is 3.32. The third kappa shape index (κ3) is 4.24. The molecule has 8 heteroatoms. The minimum Gasteiger partial charge on any atom is -0.298 e. The number of nitrogens with one attached hydrogen (secondary N) is 1. The number of thiocarbonyl (C=S) groups is 1. The fourth-order valence-electron chi connectivity index (χ4n) is 2.22. The molecular weight excluding hydrogens is 408 g/mol. The van der Waals surface area contributed by atoms with Gasteiger partial charge in [-0.1, -0.05) is 29.4 Å². The van der Waals surface area contributed by atoms with E-state index in [0.29, 0.717) is 5.02 Å². The normalized spacial score (nSPS) is 16.1. The number of hydrogen-bond acceptors (Lipinski definition) is 5. The van der Waals surface area contributed by atoms with Gasteiger partial charge in [0.05, 0.1) is 4.21 Å². The third-order valence-corrected chi connectivity index (χ3v) is 6.16. The Morgan fingerprint density at radius 1 is 1.23 bits per heavy atom. The summed E-state index contributed by atoms with van der Waals surface area (Å²) >= 11 is 14.0. The second-order valence-electron chi connectivity index (χ2n) is 5.23. The highest BCUT2D eigenvalue weighted by atomic mass is 35.5. The van der Waals surface area contributed by atoms with Crippen LogP contribution in [0.1, 0.15) is 4.88 Å². The fraction of sp³-hybridized carbons (Fsp3) is 0.0556. The first-order valence-electron chi connectivity index (χ1n) is 7.51. The Hall–Kier alpha value is -1.93. The zero-order valence-electron chi connectivity index (χ0n) is 13.4. The van der Waals surface area contributed by atoms with E-state index in [9.17, 15) is 9.59 Å². The molecule has 3 rings (SSSR count). The zero-order valence-corrected chi connectivity index (χ0v) is 16.6. The summed E-state index contributed by atoms with van der Waals surface area (Å²) in [5.74, 6) is -0.903. The van der Waals surface area contributed by atoms with E-state index < -0.39 is 11.8 Å². The van der Waals surface area contributed by atoms with E-state index in [1.54, 1.807) is 23.9 Å². The van der Waals surface area contributed by atoms with E-state index in [1.165, 1.54) is 16.2 Å². The molecule has 0 saturated carbocycles. The van der Waals surface area contributed by atoms with E-state index >= 15 is 0 Å². The number of amides is 2. The molecule has 26 heavy (non-hydrogen) atoms. The second kappa shape index (κ2) is 8.18. The highest BCUT2D eigenvalue weighted by Gasteiger charge is 2.32. The van der Waals surface area contributed by atoms with Crippen LogP contribution in [0.25, 0.3) is 6.08 Å². The molecule has 0 spiro atoms. The Labute approximate surface area is 169 Å². The summed E-state index contributed by atoms with van der Waals surface area (Å²) in [6, 6.07) is 11.4. The Morgan fingerprint density at radius 2 is 1.96 bits per heavy atom. The van der Waals surface area contributed by atoms with Gasteiger partial charge in [0.1, 0.15) is 5.57 Å². The average Bonchev–Trinajstić information content (AvgIpc) is 3.04. The topological polar surface area (TPSA) is 49.4 Å². The van der Waals surface area contributed by atoms with Crippen molar-refractivity contribution in [3.05, 3.63) is 64.5 Å². The molecule has 1 aliphatic rings. The van der Waals surface area contributed by atoms with E-state index in [-0.39, 0.29) is 17.2 Å². The number of carbonyl (C=O) groups excluding carboxylic acids is 2. The lowest BCUT2D eigenvalue weighted by Gasteiger charge is -2.27. The molecule has 1 aromatic carbocycles. The third-order valence-electron chi connectivity index (χ3n) is 3.42. The van der Waals surface area contributed by atoms with Crippen LogP contribution in [0.4, 0.5) is 0 Å². The smallest absolute Gasteiger partial charge is 0.265 e. The van der Waals surface area contributed by atoms with Crippen molar-refractivity contribution >= 4 is 69.9 Å². The largest absolute Gasteiger partial charge is 0.298 e. The van der Waals surface area contributed by atoms with Crippen molar-refractivity contribution in [3.63, 3.8) is 0 Å². The van der Waals surface area contributed by atoms with Crippen LogP contribution in [-0.2, 0) is 9.59 Å². The molecule has 0 unspecified atom stereocenters. The second-order valence-corrected chi connectivity index (χ2v) is 8.55. The van der Waals surface area contributed by atoms with Gasteiger partial charge in [-0.05, 0) is 54.7 Å². The Kier molecular flexibility index (Phi) is 5.93. The molecule has 1 fully saturated rings. The quantitative estimate of drug-likeness (QED) is 0.338. The number of carbonyl (C=O) groups is 2. The highest BCUT2D eigenvalue weighted by molar-refractivity contribution is 8.01. The summed E-state index contributed by atoms with van der Waals surface area (Å²) in [7, 11) is 0. The van der Waals surface area contributed by atoms with Crippen molar-refractivity contribution in [2.75, 3.05) is 6.54 Å². The monoisotopic (exact) mass is 420 g/mol. The van der Waals surface area contributed by atoms with Crippen LogP contribution in [0.2, 0.25) is 5.02 Å². The van der Waals surface area contributed by atoms with Crippen LogP contribution in [0.15, 0.2) is 63.7 Å². The number of benzene rings is 1. The molecule has 2 heterocycles. The number of nitrogens with zero attached hydrogens (tertiary/aromatic N) is 1. The van der Waals surface area contributed by atoms with Gasteiger partial charge in [0.2, 0.25) is 0 Å². The Balaban J connectivity index is 1.80. The molecule has 0 aliphatic carbocycles. The van der Waals surface area contributed by atoms with Crippen LogP contribution < -0.4 is 5.32 Å². The van der Waals surface area contributed by atoms with E-state index in [1.807, 2.05) is 36.4 Å². The lowest BCUT2D eigenvalue weighted by molar-refractivity contribution is -0.128. The number of rotatable bonds is 5. The molecule has 1 N–H and O–H groups in total. The number of hydrogen-bond donors (Lipinski definition) is 1. The van der Waals surface area contributed by atoms with Gasteiger partial charge in [-0.15, -0.1) is 17.9 Å². The number of thiophene rings is 1. The van der Waals surface area contributed by atoms with Crippen molar-refractivity contribution in [3.8, 4) is 0 Å². The first kappa shape index (κ1) is 18.8. The summed E-state index contributed by atoms with van der Waals surface area (Å²) in [6.07, 6.45) is 3.15. The molecule has 1 aliphatic heterocycles. The minimum absolute atomic E-state index is 0.0605. The Bertz CT molecular complexity index is 919. The highest BCUT2D eigenvalue weighted by Crippen LogP contribution is 2.34. The lowest BCUT2D eigenvalue weighted by atomic mass is 10.1. The lowest BCUT2D eigenvalue weighted by Crippen LogP contribution is -2.53. The maximum absolute atomic E-state index is 12.5.